The van der Waals surface area contributed by atoms with Gasteiger partial charge in [0.05, 0.1) is 17.7 Å². The molecule has 2 fully saturated rings. The molecule has 0 N–H and O–H groups in total. The third-order valence-corrected chi connectivity index (χ3v) is 7.16. The van der Waals surface area contributed by atoms with E-state index in [9.17, 15) is 0 Å². The first kappa shape index (κ1) is 18.5. The summed E-state index contributed by atoms with van der Waals surface area (Å²) in [6.07, 6.45) is 13.1. The van der Waals surface area contributed by atoms with Crippen LogP contribution in [0.5, 0.6) is 0 Å². The Bertz CT molecular complexity index is 671. The highest BCUT2D eigenvalue weighted by atomic mass is 35.5. The lowest BCUT2D eigenvalue weighted by molar-refractivity contribution is 0.251. The van der Waals surface area contributed by atoms with Gasteiger partial charge in [-0.05, 0) is 73.8 Å². The number of hydrogen-bond donors (Lipinski definition) is 0. The summed E-state index contributed by atoms with van der Waals surface area (Å²) in [6, 6.07) is 4.08. The van der Waals surface area contributed by atoms with Gasteiger partial charge in [-0.2, -0.15) is 0 Å². The average molecular weight is 377 g/mol. The van der Waals surface area contributed by atoms with Crippen molar-refractivity contribution >= 4 is 17.2 Å². The fourth-order valence-electron chi connectivity index (χ4n) is 5.06. The Balaban J connectivity index is 1.47. The van der Waals surface area contributed by atoms with Crippen LogP contribution in [0.15, 0.2) is 18.2 Å². The minimum absolute atomic E-state index is 0.197. The van der Waals surface area contributed by atoms with Crippen LogP contribution in [0.4, 0.5) is 4.39 Å². The molecule has 2 unspecified atom stereocenters. The summed E-state index contributed by atoms with van der Waals surface area (Å²) in [6.45, 7) is 3.18. The van der Waals surface area contributed by atoms with Crippen molar-refractivity contribution < 1.29 is 9.13 Å². The molecule has 1 aromatic carbocycles. The summed E-state index contributed by atoms with van der Waals surface area (Å²) in [7, 11) is 0. The van der Waals surface area contributed by atoms with E-state index in [1.54, 1.807) is 0 Å². The Morgan fingerprint density at radius 2 is 1.92 bits per heavy atom. The molecule has 1 nitrogen and oxygen atoms in total. The number of ether oxygens (including phenoxy) is 1. The normalized spacial score (nSPS) is 31.6. The van der Waals surface area contributed by atoms with Crippen LogP contribution in [0.25, 0.3) is 5.57 Å². The third kappa shape index (κ3) is 3.87. The molecule has 142 valence electrons. The minimum atomic E-state index is -0.197. The Morgan fingerprint density at radius 1 is 1.15 bits per heavy atom. The first-order chi connectivity index (χ1) is 12.7. The van der Waals surface area contributed by atoms with E-state index in [-0.39, 0.29) is 5.82 Å². The molecule has 3 heteroatoms. The number of hydrogen-bond acceptors (Lipinski definition) is 1. The van der Waals surface area contributed by atoms with Crippen molar-refractivity contribution in [2.24, 2.45) is 11.8 Å². The van der Waals surface area contributed by atoms with Gasteiger partial charge in [-0.25, -0.2) is 4.39 Å². The SMILES string of the molecule is CCCC1CC=C(c2ccc(C3CCC(C4CO4)CC3)c(Cl)c2F)CC1. The van der Waals surface area contributed by atoms with Gasteiger partial charge in [-0.3, -0.25) is 0 Å². The van der Waals surface area contributed by atoms with Crippen LogP contribution in [0.2, 0.25) is 5.02 Å². The first-order valence-electron chi connectivity index (χ1n) is 10.5. The zero-order valence-corrected chi connectivity index (χ0v) is 16.5. The van der Waals surface area contributed by atoms with Crippen molar-refractivity contribution in [2.45, 2.75) is 76.7 Å². The lowest BCUT2D eigenvalue weighted by Crippen LogP contribution is -2.18. The van der Waals surface area contributed by atoms with Crippen LogP contribution in [0, 0.1) is 17.7 Å². The van der Waals surface area contributed by atoms with E-state index in [0.717, 1.165) is 54.9 Å². The molecule has 0 spiro atoms. The molecular weight excluding hydrogens is 347 g/mol. The van der Waals surface area contributed by atoms with Crippen LogP contribution >= 0.6 is 11.6 Å². The van der Waals surface area contributed by atoms with Gasteiger partial charge < -0.3 is 4.74 Å². The predicted octanol–water partition coefficient (Wildman–Crippen LogP) is 7.14. The van der Waals surface area contributed by atoms with E-state index in [2.05, 4.69) is 19.1 Å². The molecule has 1 aromatic rings. The Morgan fingerprint density at radius 3 is 2.54 bits per heavy atom. The molecule has 3 aliphatic rings. The summed E-state index contributed by atoms with van der Waals surface area (Å²) >= 11 is 6.51. The van der Waals surface area contributed by atoms with Gasteiger partial charge in [0.2, 0.25) is 0 Å². The highest BCUT2D eigenvalue weighted by molar-refractivity contribution is 6.31. The van der Waals surface area contributed by atoms with Gasteiger partial charge in [-0.15, -0.1) is 0 Å². The van der Waals surface area contributed by atoms with Crippen LogP contribution in [-0.2, 0) is 4.74 Å². The summed E-state index contributed by atoms with van der Waals surface area (Å²) in [4.78, 5) is 0. The summed E-state index contributed by atoms with van der Waals surface area (Å²) < 4.78 is 20.5. The summed E-state index contributed by atoms with van der Waals surface area (Å²) in [5.41, 5.74) is 2.90. The van der Waals surface area contributed by atoms with Crippen LogP contribution in [0.3, 0.4) is 0 Å². The highest BCUT2D eigenvalue weighted by Crippen LogP contribution is 2.44. The molecule has 2 atom stereocenters. The molecule has 26 heavy (non-hydrogen) atoms. The molecule has 0 aromatic heterocycles. The van der Waals surface area contributed by atoms with Crippen molar-refractivity contribution in [1.29, 1.82) is 0 Å². The Labute approximate surface area is 162 Å². The van der Waals surface area contributed by atoms with Crippen LogP contribution < -0.4 is 0 Å². The Hall–Kier alpha value is -0.860. The maximum absolute atomic E-state index is 15.1. The standard InChI is InChI=1S/C23H30ClFO/c1-2-3-15-4-6-17(7-5-15)20-13-12-19(22(24)23(20)25)16-8-10-18(11-9-16)21-14-26-21/h6,12-13,15-16,18,21H,2-5,7-11,14H2,1H3. The number of halogens is 2. The van der Waals surface area contributed by atoms with Crippen molar-refractivity contribution in [3.63, 3.8) is 0 Å². The molecule has 4 rings (SSSR count). The number of benzene rings is 1. The maximum atomic E-state index is 15.1. The number of allylic oxidation sites excluding steroid dienone is 2. The van der Waals surface area contributed by atoms with E-state index >= 15 is 4.39 Å². The molecule has 1 heterocycles. The quantitative estimate of drug-likeness (QED) is 0.497. The summed E-state index contributed by atoms with van der Waals surface area (Å²) in [5.74, 6) is 1.68. The summed E-state index contributed by atoms with van der Waals surface area (Å²) in [5, 5.41) is 0.366. The Kier molecular flexibility index (Phi) is 5.71. The van der Waals surface area contributed by atoms with Gasteiger partial charge in [-0.1, -0.05) is 49.6 Å². The fourth-order valence-corrected chi connectivity index (χ4v) is 5.38. The van der Waals surface area contributed by atoms with Gasteiger partial charge in [0, 0.05) is 5.56 Å². The van der Waals surface area contributed by atoms with Crippen molar-refractivity contribution in [2.75, 3.05) is 6.61 Å². The molecule has 1 aliphatic heterocycles. The van der Waals surface area contributed by atoms with Gasteiger partial charge >= 0.3 is 0 Å². The van der Waals surface area contributed by atoms with Gasteiger partial charge in [0.15, 0.2) is 0 Å². The van der Waals surface area contributed by atoms with E-state index in [0.29, 0.717) is 23.0 Å². The topological polar surface area (TPSA) is 12.5 Å². The van der Waals surface area contributed by atoms with Crippen molar-refractivity contribution in [3.8, 4) is 0 Å². The van der Waals surface area contributed by atoms with E-state index in [1.165, 1.54) is 32.1 Å². The number of rotatable bonds is 5. The third-order valence-electron chi connectivity index (χ3n) is 6.77. The molecule has 0 radical (unpaired) electrons. The zero-order chi connectivity index (χ0) is 18.1. The largest absolute Gasteiger partial charge is 0.373 e. The number of epoxide rings is 1. The van der Waals surface area contributed by atoms with E-state index in [1.807, 2.05) is 6.07 Å². The maximum Gasteiger partial charge on any atom is 0.149 e. The first-order valence-corrected chi connectivity index (χ1v) is 10.8. The van der Waals surface area contributed by atoms with Crippen LogP contribution in [-0.4, -0.2) is 12.7 Å². The molecule has 1 saturated carbocycles. The molecule has 0 bridgehead atoms. The second kappa shape index (κ2) is 8.02. The molecular formula is C23H30ClFO. The second-order valence-electron chi connectivity index (χ2n) is 8.47. The fraction of sp³-hybridized carbons (Fsp3) is 0.652. The lowest BCUT2D eigenvalue weighted by atomic mass is 9.77. The van der Waals surface area contributed by atoms with Crippen LogP contribution in [0.1, 0.15) is 81.8 Å². The molecule has 1 saturated heterocycles. The second-order valence-corrected chi connectivity index (χ2v) is 8.85. The average Bonchev–Trinajstić information content (AvgIpc) is 3.51. The smallest absolute Gasteiger partial charge is 0.149 e. The minimum Gasteiger partial charge on any atom is -0.373 e. The van der Waals surface area contributed by atoms with E-state index < -0.39 is 0 Å². The predicted molar refractivity (Wildman–Crippen MR) is 106 cm³/mol. The monoisotopic (exact) mass is 376 g/mol. The van der Waals surface area contributed by atoms with Gasteiger partial charge in [0.1, 0.15) is 5.82 Å². The molecule has 0 amide bonds. The van der Waals surface area contributed by atoms with E-state index in [4.69, 9.17) is 16.3 Å². The van der Waals surface area contributed by atoms with Gasteiger partial charge in [0.25, 0.3) is 0 Å². The molecule has 2 aliphatic carbocycles. The van der Waals surface area contributed by atoms with Crippen molar-refractivity contribution in [3.05, 3.63) is 40.2 Å². The highest BCUT2D eigenvalue weighted by Gasteiger charge is 2.36. The van der Waals surface area contributed by atoms with Crippen molar-refractivity contribution in [1.82, 2.24) is 0 Å². The zero-order valence-electron chi connectivity index (χ0n) is 15.8. The lowest BCUT2D eigenvalue weighted by Gasteiger charge is -2.29.